The molecule has 0 atom stereocenters. The Morgan fingerprint density at radius 1 is 1.50 bits per heavy atom. The topological polar surface area (TPSA) is 34.4 Å². The van der Waals surface area contributed by atoms with Crippen molar-refractivity contribution in [2.75, 3.05) is 26.8 Å². The van der Waals surface area contributed by atoms with Gasteiger partial charge in [-0.3, -0.25) is 0 Å². The normalized spacial score (nSPS) is 11.2. The van der Waals surface area contributed by atoms with Gasteiger partial charge in [0, 0.05) is 13.7 Å². The molecule has 3 heteroatoms. The average Bonchev–Trinajstić information content (AvgIpc) is 2.69. The van der Waals surface area contributed by atoms with Crippen molar-refractivity contribution in [1.82, 2.24) is 5.32 Å². The summed E-state index contributed by atoms with van der Waals surface area (Å²) in [6.07, 6.45) is 6.76. The molecule has 0 aliphatic rings. The van der Waals surface area contributed by atoms with Crippen LogP contribution < -0.4 is 5.32 Å². The lowest BCUT2D eigenvalue weighted by Gasteiger charge is -2.00. The molecule has 0 aromatic carbocycles. The molecule has 1 aromatic rings. The van der Waals surface area contributed by atoms with Crippen LogP contribution in [0, 0.1) is 0 Å². The van der Waals surface area contributed by atoms with Crippen LogP contribution in [-0.2, 0) is 4.74 Å². The Bertz CT molecular complexity index is 242. The van der Waals surface area contributed by atoms with E-state index < -0.39 is 0 Å². The van der Waals surface area contributed by atoms with Gasteiger partial charge in [0.1, 0.15) is 5.76 Å². The van der Waals surface area contributed by atoms with E-state index >= 15 is 0 Å². The SMILES string of the molecule is COCCNCCC=Cc1ccco1. The Morgan fingerprint density at radius 3 is 3.14 bits per heavy atom. The molecule has 0 unspecified atom stereocenters. The number of hydrogen-bond acceptors (Lipinski definition) is 3. The van der Waals surface area contributed by atoms with Crippen LogP contribution in [0.1, 0.15) is 12.2 Å². The number of furan rings is 1. The summed E-state index contributed by atoms with van der Waals surface area (Å²) in [5.74, 6) is 0.905. The van der Waals surface area contributed by atoms with Crippen LogP contribution in [-0.4, -0.2) is 26.8 Å². The summed E-state index contributed by atoms with van der Waals surface area (Å²) in [5, 5.41) is 3.26. The summed E-state index contributed by atoms with van der Waals surface area (Å²) in [4.78, 5) is 0. The quantitative estimate of drug-likeness (QED) is 0.675. The first-order valence-corrected chi connectivity index (χ1v) is 4.83. The zero-order valence-corrected chi connectivity index (χ0v) is 8.53. The van der Waals surface area contributed by atoms with E-state index in [0.717, 1.165) is 31.9 Å². The summed E-state index contributed by atoms with van der Waals surface area (Å²) < 4.78 is 10.1. The molecule has 0 fully saturated rings. The second-order valence-corrected chi connectivity index (χ2v) is 2.95. The van der Waals surface area contributed by atoms with Crippen molar-refractivity contribution >= 4 is 6.08 Å². The van der Waals surface area contributed by atoms with Gasteiger partial charge in [0.15, 0.2) is 0 Å². The van der Waals surface area contributed by atoms with Gasteiger partial charge in [0.25, 0.3) is 0 Å². The molecule has 78 valence electrons. The minimum absolute atomic E-state index is 0.766. The van der Waals surface area contributed by atoms with Crippen LogP contribution in [0.5, 0.6) is 0 Å². The molecular weight excluding hydrogens is 178 g/mol. The highest BCUT2D eigenvalue weighted by Crippen LogP contribution is 2.02. The van der Waals surface area contributed by atoms with Gasteiger partial charge >= 0.3 is 0 Å². The van der Waals surface area contributed by atoms with Gasteiger partial charge in [-0.25, -0.2) is 0 Å². The lowest BCUT2D eigenvalue weighted by molar-refractivity contribution is 0.199. The van der Waals surface area contributed by atoms with Gasteiger partial charge in [-0.15, -0.1) is 0 Å². The zero-order chi connectivity index (χ0) is 10.1. The maximum Gasteiger partial charge on any atom is 0.126 e. The van der Waals surface area contributed by atoms with Crippen LogP contribution in [0.3, 0.4) is 0 Å². The van der Waals surface area contributed by atoms with E-state index in [9.17, 15) is 0 Å². The van der Waals surface area contributed by atoms with E-state index in [1.54, 1.807) is 13.4 Å². The summed E-state index contributed by atoms with van der Waals surface area (Å²) in [6.45, 7) is 2.65. The van der Waals surface area contributed by atoms with E-state index in [4.69, 9.17) is 9.15 Å². The molecule has 0 aliphatic heterocycles. The first-order chi connectivity index (χ1) is 6.93. The largest absolute Gasteiger partial charge is 0.465 e. The van der Waals surface area contributed by atoms with Crippen molar-refractivity contribution in [3.8, 4) is 0 Å². The third-order valence-corrected chi connectivity index (χ3v) is 1.80. The van der Waals surface area contributed by atoms with Crippen molar-refractivity contribution in [3.63, 3.8) is 0 Å². The molecule has 1 heterocycles. The fraction of sp³-hybridized carbons (Fsp3) is 0.455. The average molecular weight is 195 g/mol. The smallest absolute Gasteiger partial charge is 0.126 e. The molecule has 1 aromatic heterocycles. The summed E-state index contributed by atoms with van der Waals surface area (Å²) in [5.41, 5.74) is 0. The van der Waals surface area contributed by atoms with E-state index in [2.05, 4.69) is 11.4 Å². The Kier molecular flexibility index (Phi) is 5.79. The van der Waals surface area contributed by atoms with Crippen LogP contribution in [0.25, 0.3) is 6.08 Å². The van der Waals surface area contributed by atoms with Gasteiger partial charge in [0.05, 0.1) is 12.9 Å². The molecule has 0 spiro atoms. The molecule has 1 rings (SSSR count). The summed E-state index contributed by atoms with van der Waals surface area (Å²) in [6, 6.07) is 3.82. The molecular formula is C11H17NO2. The third kappa shape index (κ3) is 4.84. The molecule has 0 bridgehead atoms. The first kappa shape index (κ1) is 11.0. The molecule has 0 aliphatic carbocycles. The van der Waals surface area contributed by atoms with Crippen LogP contribution in [0.15, 0.2) is 28.9 Å². The molecule has 0 saturated carbocycles. The predicted molar refractivity (Wildman–Crippen MR) is 57.1 cm³/mol. The second-order valence-electron chi connectivity index (χ2n) is 2.95. The van der Waals surface area contributed by atoms with Crippen molar-refractivity contribution < 1.29 is 9.15 Å². The predicted octanol–water partition coefficient (Wildman–Crippen LogP) is 1.92. The van der Waals surface area contributed by atoms with Gasteiger partial charge in [-0.1, -0.05) is 6.08 Å². The minimum Gasteiger partial charge on any atom is -0.465 e. The summed E-state index contributed by atoms with van der Waals surface area (Å²) >= 11 is 0. The van der Waals surface area contributed by atoms with Gasteiger partial charge < -0.3 is 14.5 Å². The van der Waals surface area contributed by atoms with Crippen LogP contribution in [0.2, 0.25) is 0 Å². The Hall–Kier alpha value is -1.06. The highest BCUT2D eigenvalue weighted by molar-refractivity contribution is 5.41. The zero-order valence-electron chi connectivity index (χ0n) is 8.53. The van der Waals surface area contributed by atoms with Crippen LogP contribution >= 0.6 is 0 Å². The summed E-state index contributed by atoms with van der Waals surface area (Å²) in [7, 11) is 1.71. The standard InChI is InChI=1S/C11H17NO2/c1-13-10-8-12-7-3-2-5-11-6-4-9-14-11/h2,4-6,9,12H,3,7-8,10H2,1H3. The molecule has 0 radical (unpaired) electrons. The highest BCUT2D eigenvalue weighted by atomic mass is 16.5. The van der Waals surface area contributed by atoms with E-state index in [1.807, 2.05) is 18.2 Å². The number of rotatable bonds is 7. The van der Waals surface area contributed by atoms with Gasteiger partial charge in [-0.05, 0) is 31.2 Å². The molecule has 1 N–H and O–H groups in total. The number of nitrogens with one attached hydrogen (secondary N) is 1. The molecule has 0 saturated heterocycles. The molecule has 3 nitrogen and oxygen atoms in total. The lowest BCUT2D eigenvalue weighted by Crippen LogP contribution is -2.19. The fourth-order valence-corrected chi connectivity index (χ4v) is 1.07. The second kappa shape index (κ2) is 7.35. The number of ether oxygens (including phenoxy) is 1. The fourth-order valence-electron chi connectivity index (χ4n) is 1.07. The van der Waals surface area contributed by atoms with E-state index in [-0.39, 0.29) is 0 Å². The minimum atomic E-state index is 0.766. The van der Waals surface area contributed by atoms with Crippen molar-refractivity contribution in [2.45, 2.75) is 6.42 Å². The monoisotopic (exact) mass is 195 g/mol. The lowest BCUT2D eigenvalue weighted by atomic mass is 10.3. The van der Waals surface area contributed by atoms with Crippen molar-refractivity contribution in [1.29, 1.82) is 0 Å². The van der Waals surface area contributed by atoms with Crippen LogP contribution in [0.4, 0.5) is 0 Å². The highest BCUT2D eigenvalue weighted by Gasteiger charge is 1.87. The van der Waals surface area contributed by atoms with Gasteiger partial charge in [-0.2, -0.15) is 0 Å². The molecule has 0 amide bonds. The Balaban J connectivity index is 1.98. The van der Waals surface area contributed by atoms with E-state index in [0.29, 0.717) is 0 Å². The maximum absolute atomic E-state index is 5.15. The number of methoxy groups -OCH3 is 1. The third-order valence-electron chi connectivity index (χ3n) is 1.80. The number of hydrogen-bond donors (Lipinski definition) is 1. The Morgan fingerprint density at radius 2 is 2.43 bits per heavy atom. The molecule has 14 heavy (non-hydrogen) atoms. The van der Waals surface area contributed by atoms with Crippen molar-refractivity contribution in [2.24, 2.45) is 0 Å². The maximum atomic E-state index is 5.15. The first-order valence-electron chi connectivity index (χ1n) is 4.83. The Labute approximate surface area is 84.8 Å². The van der Waals surface area contributed by atoms with Gasteiger partial charge in [0.2, 0.25) is 0 Å². The van der Waals surface area contributed by atoms with E-state index in [1.165, 1.54) is 0 Å². The van der Waals surface area contributed by atoms with Crippen molar-refractivity contribution in [3.05, 3.63) is 30.2 Å².